The van der Waals surface area contributed by atoms with E-state index in [1.54, 1.807) is 35.3 Å². The number of nitrogens with zero attached hydrogens (tertiary/aromatic N) is 3. The number of hydrogen-bond acceptors (Lipinski definition) is 5. The van der Waals surface area contributed by atoms with Gasteiger partial charge < -0.3 is 4.74 Å². The van der Waals surface area contributed by atoms with Crippen LogP contribution in [0.3, 0.4) is 0 Å². The summed E-state index contributed by atoms with van der Waals surface area (Å²) >= 11 is 0. The van der Waals surface area contributed by atoms with Crippen molar-refractivity contribution in [3.63, 3.8) is 0 Å². The van der Waals surface area contributed by atoms with Crippen molar-refractivity contribution >= 4 is 37.8 Å². The molecular weight excluding hydrogens is 527 g/mol. The second-order valence-electron chi connectivity index (χ2n) is 9.77. The predicted octanol–water partition coefficient (Wildman–Crippen LogP) is 6.25. The molecule has 7 nitrogen and oxygen atoms in total. The van der Waals surface area contributed by atoms with Gasteiger partial charge in [-0.1, -0.05) is 37.3 Å². The summed E-state index contributed by atoms with van der Waals surface area (Å²) in [5.74, 6) is 0.262. The van der Waals surface area contributed by atoms with E-state index in [-0.39, 0.29) is 5.82 Å². The molecule has 3 heterocycles. The van der Waals surface area contributed by atoms with E-state index in [0.29, 0.717) is 36.7 Å². The Hall–Kier alpha value is -4.50. The van der Waals surface area contributed by atoms with E-state index in [9.17, 15) is 12.8 Å². The molecule has 1 aliphatic heterocycles. The Balaban J connectivity index is 1.55. The number of rotatable bonds is 6. The van der Waals surface area contributed by atoms with Gasteiger partial charge in [-0.25, -0.2) is 17.8 Å². The third-order valence-electron chi connectivity index (χ3n) is 6.99. The molecule has 2 aromatic heterocycles. The third-order valence-corrected chi connectivity index (χ3v) is 7.60. The lowest BCUT2D eigenvalue weighted by Gasteiger charge is -2.18. The highest BCUT2D eigenvalue weighted by atomic mass is 32.2. The molecule has 0 saturated heterocycles. The summed E-state index contributed by atoms with van der Waals surface area (Å²) < 4.78 is 48.8. The second-order valence-corrected chi connectivity index (χ2v) is 11.5. The fourth-order valence-electron chi connectivity index (χ4n) is 5.26. The number of pyridine rings is 1. The van der Waals surface area contributed by atoms with Crippen LogP contribution in [0.2, 0.25) is 0 Å². The molecule has 0 atom stereocenters. The Bertz CT molecular complexity index is 1900. The van der Waals surface area contributed by atoms with Crippen molar-refractivity contribution in [1.29, 1.82) is 0 Å². The van der Waals surface area contributed by atoms with E-state index in [1.807, 2.05) is 36.4 Å². The van der Waals surface area contributed by atoms with Gasteiger partial charge in [0, 0.05) is 28.4 Å². The lowest BCUT2D eigenvalue weighted by atomic mass is 9.86. The molecule has 0 amide bonds. The summed E-state index contributed by atoms with van der Waals surface area (Å²) in [6, 6.07) is 22.1. The first-order valence-corrected chi connectivity index (χ1v) is 14.8. The smallest absolute Gasteiger partial charge is 0.229 e. The van der Waals surface area contributed by atoms with Crippen molar-refractivity contribution in [3.05, 3.63) is 119 Å². The van der Waals surface area contributed by atoms with Gasteiger partial charge in [0.1, 0.15) is 12.4 Å². The molecule has 3 aromatic carbocycles. The lowest BCUT2D eigenvalue weighted by Crippen LogP contribution is -2.09. The monoisotopic (exact) mass is 554 g/mol. The van der Waals surface area contributed by atoms with Crippen molar-refractivity contribution in [2.24, 2.45) is 0 Å². The molecule has 0 aliphatic carbocycles. The second kappa shape index (κ2) is 10.2. The Morgan fingerprint density at radius 2 is 1.90 bits per heavy atom. The van der Waals surface area contributed by atoms with E-state index >= 15 is 0 Å². The van der Waals surface area contributed by atoms with Crippen LogP contribution in [0.25, 0.3) is 22.0 Å². The molecule has 1 aliphatic rings. The molecule has 40 heavy (non-hydrogen) atoms. The van der Waals surface area contributed by atoms with Crippen molar-refractivity contribution in [3.8, 4) is 5.88 Å². The van der Waals surface area contributed by atoms with E-state index in [2.05, 4.69) is 33.9 Å². The fraction of sp³-hybridized carbons (Fsp3) is 0.161. The van der Waals surface area contributed by atoms with Gasteiger partial charge in [-0.2, -0.15) is 5.10 Å². The average molecular weight is 555 g/mol. The summed E-state index contributed by atoms with van der Waals surface area (Å²) in [5, 5.41) is 5.50. The molecule has 9 heteroatoms. The normalized spacial score (nSPS) is 14.2. The zero-order valence-electron chi connectivity index (χ0n) is 22.1. The Morgan fingerprint density at radius 1 is 1.05 bits per heavy atom. The zero-order valence-corrected chi connectivity index (χ0v) is 22.9. The molecular formula is C31H27FN4O3S. The number of ether oxygens (including phenoxy) is 1. The standard InChI is InChI=1S/C31H27FN4O3S/c1-3-25(20-9-6-10-24(14-20)35-40(2,37)38)30-26-11-7-13-33-31(26)39-19-23-16-29-22(15-27(23)30)17-34-36(29)18-21-8-4-5-12-28(21)32/h4-17,35H,3,18-19H2,1-2H3/b30-25+. The summed E-state index contributed by atoms with van der Waals surface area (Å²) in [6.45, 7) is 2.68. The molecule has 0 spiro atoms. The third kappa shape index (κ3) is 4.96. The number of aromatic nitrogens is 3. The first-order valence-electron chi connectivity index (χ1n) is 12.9. The minimum Gasteiger partial charge on any atom is -0.472 e. The van der Waals surface area contributed by atoms with Crippen LogP contribution in [0.4, 0.5) is 10.1 Å². The maximum Gasteiger partial charge on any atom is 0.229 e. The lowest BCUT2D eigenvalue weighted by molar-refractivity contribution is 0.295. The van der Waals surface area contributed by atoms with Crippen molar-refractivity contribution in [2.75, 3.05) is 11.0 Å². The topological polar surface area (TPSA) is 86.1 Å². The molecule has 0 saturated carbocycles. The van der Waals surface area contributed by atoms with Crippen molar-refractivity contribution in [2.45, 2.75) is 26.5 Å². The van der Waals surface area contributed by atoms with Crippen LogP contribution in [-0.4, -0.2) is 29.4 Å². The van der Waals surface area contributed by atoms with Crippen LogP contribution in [0.15, 0.2) is 85.2 Å². The number of halogens is 1. The number of allylic oxidation sites excluding steroid dienone is 1. The number of benzene rings is 3. The highest BCUT2D eigenvalue weighted by molar-refractivity contribution is 7.92. The van der Waals surface area contributed by atoms with Crippen LogP contribution in [0.1, 0.15) is 41.2 Å². The highest BCUT2D eigenvalue weighted by Crippen LogP contribution is 2.43. The molecule has 6 rings (SSSR count). The van der Waals surface area contributed by atoms with Gasteiger partial charge in [-0.05, 0) is 76.7 Å². The molecule has 0 unspecified atom stereocenters. The van der Waals surface area contributed by atoms with Crippen LogP contribution in [0.5, 0.6) is 5.88 Å². The minimum atomic E-state index is -3.43. The number of anilines is 1. The van der Waals surface area contributed by atoms with Gasteiger partial charge in [0.05, 0.1) is 24.5 Å². The maximum atomic E-state index is 14.4. The van der Waals surface area contributed by atoms with E-state index in [0.717, 1.165) is 50.6 Å². The van der Waals surface area contributed by atoms with Crippen LogP contribution in [-0.2, 0) is 23.2 Å². The van der Waals surface area contributed by atoms with Gasteiger partial charge in [0.25, 0.3) is 0 Å². The van der Waals surface area contributed by atoms with Crippen LogP contribution < -0.4 is 9.46 Å². The fourth-order valence-corrected chi connectivity index (χ4v) is 5.81. The minimum absolute atomic E-state index is 0.267. The number of fused-ring (bicyclic) bond motifs is 3. The first kappa shape index (κ1) is 25.8. The van der Waals surface area contributed by atoms with E-state index in [1.165, 1.54) is 6.07 Å². The zero-order chi connectivity index (χ0) is 27.9. The largest absolute Gasteiger partial charge is 0.472 e. The van der Waals surface area contributed by atoms with E-state index < -0.39 is 10.0 Å². The molecule has 0 bridgehead atoms. The van der Waals surface area contributed by atoms with Gasteiger partial charge in [0.2, 0.25) is 15.9 Å². The Kier molecular flexibility index (Phi) is 6.59. The molecule has 0 fully saturated rings. The molecule has 0 radical (unpaired) electrons. The van der Waals surface area contributed by atoms with Crippen molar-refractivity contribution < 1.29 is 17.5 Å². The summed E-state index contributed by atoms with van der Waals surface area (Å²) in [4.78, 5) is 4.52. The van der Waals surface area contributed by atoms with Crippen LogP contribution in [0, 0.1) is 5.82 Å². The first-order chi connectivity index (χ1) is 19.3. The average Bonchev–Trinajstić information content (AvgIpc) is 3.24. The summed E-state index contributed by atoms with van der Waals surface area (Å²) in [7, 11) is -3.43. The van der Waals surface area contributed by atoms with Gasteiger partial charge in [0.15, 0.2) is 0 Å². The Morgan fingerprint density at radius 3 is 2.70 bits per heavy atom. The highest BCUT2D eigenvalue weighted by Gasteiger charge is 2.25. The number of sulfonamides is 1. The number of nitrogens with one attached hydrogen (secondary N) is 1. The van der Waals surface area contributed by atoms with Gasteiger partial charge in [-0.3, -0.25) is 9.40 Å². The van der Waals surface area contributed by atoms with Gasteiger partial charge in [-0.15, -0.1) is 0 Å². The van der Waals surface area contributed by atoms with Gasteiger partial charge >= 0.3 is 0 Å². The van der Waals surface area contributed by atoms with Crippen LogP contribution >= 0.6 is 0 Å². The molecule has 202 valence electrons. The number of hydrogen-bond donors (Lipinski definition) is 1. The SMILES string of the molecule is CC/C(=C1\c2cc3cnn(Cc4ccccc4F)c3cc2COc2ncccc21)c1cccc(NS(C)(=O)=O)c1. The summed E-state index contributed by atoms with van der Waals surface area (Å²) in [5.41, 5.74) is 7.62. The quantitative estimate of drug-likeness (QED) is 0.268. The predicted molar refractivity (Wildman–Crippen MR) is 155 cm³/mol. The summed E-state index contributed by atoms with van der Waals surface area (Å²) in [6.07, 6.45) is 5.32. The Labute approximate surface area is 232 Å². The molecule has 5 aromatic rings. The van der Waals surface area contributed by atoms with Crippen molar-refractivity contribution in [1.82, 2.24) is 14.8 Å². The van der Waals surface area contributed by atoms with E-state index in [4.69, 9.17) is 4.74 Å². The maximum absolute atomic E-state index is 14.4. The molecule has 1 N–H and O–H groups in total.